The minimum atomic E-state index is -3.92. The molecule has 0 radical (unpaired) electrons. The number of carbonyl (C=O) groups excluding carboxylic acids is 1. The van der Waals surface area contributed by atoms with Crippen LogP contribution in [0.3, 0.4) is 0 Å². The number of aromatic nitrogens is 1. The number of rotatable bonds is 4. The number of fused-ring (bicyclic) bond motifs is 4. The molecule has 6 rings (SSSR count). The van der Waals surface area contributed by atoms with Crippen molar-refractivity contribution in [3.8, 4) is 0 Å². The fourth-order valence-corrected chi connectivity index (χ4v) is 7.96. The normalized spacial score (nSPS) is 31.9. The molecule has 1 aromatic heterocycles. The molecule has 3 N–H and O–H groups in total. The SMILES string of the molecule is COC(=O)N[C@@H]1[C@@H](c2cn(S(=O)(=O)c3ccc(C)cc3)c3ccccc23)[C@H]2CC[C@]1(C)[C@H](O)[C@]2(C)O. The molecule has 0 saturated heterocycles. The van der Waals surface area contributed by atoms with Crippen LogP contribution in [0.1, 0.15) is 43.7 Å². The van der Waals surface area contributed by atoms with Gasteiger partial charge >= 0.3 is 6.09 Å². The summed E-state index contributed by atoms with van der Waals surface area (Å²) in [5, 5.41) is 26.3. The first kappa shape index (κ1) is 24.8. The van der Waals surface area contributed by atoms with Gasteiger partial charge in [0.1, 0.15) is 0 Å². The van der Waals surface area contributed by atoms with Gasteiger partial charge in [-0.25, -0.2) is 17.2 Å². The number of nitrogens with one attached hydrogen (secondary N) is 1. The van der Waals surface area contributed by atoms with Crippen molar-refractivity contribution < 1.29 is 28.2 Å². The van der Waals surface area contributed by atoms with Gasteiger partial charge in [-0.3, -0.25) is 0 Å². The summed E-state index contributed by atoms with van der Waals surface area (Å²) >= 11 is 0. The molecule has 2 bridgehead atoms. The van der Waals surface area contributed by atoms with E-state index in [1.54, 1.807) is 49.5 Å². The number of carbonyl (C=O) groups is 1. The average Bonchev–Trinajstić information content (AvgIpc) is 3.24. The summed E-state index contributed by atoms with van der Waals surface area (Å²) in [4.78, 5) is 12.6. The van der Waals surface area contributed by atoms with Crippen molar-refractivity contribution in [3.63, 3.8) is 0 Å². The van der Waals surface area contributed by atoms with Crippen LogP contribution in [0.25, 0.3) is 10.9 Å². The molecular weight excluding hydrogens is 480 g/mol. The standard InChI is InChI=1S/C27H32N2O6S/c1-16-9-11-17(12-10-16)36(33,34)29-15-19(18-7-5-6-8-21(18)29)22-20-13-14-26(2,24(30)27(20,3)32)23(22)28-25(31)35-4/h5-12,15,20,22-24,30,32H,13-14H2,1-4H3,(H,28,31)/t20-,22+,23-,24+,26+,27-/m1/s1. The molecule has 3 aliphatic carbocycles. The van der Waals surface area contributed by atoms with Crippen LogP contribution in [-0.2, 0) is 14.8 Å². The van der Waals surface area contributed by atoms with E-state index in [-0.39, 0.29) is 4.90 Å². The van der Waals surface area contributed by atoms with Crippen LogP contribution >= 0.6 is 0 Å². The largest absolute Gasteiger partial charge is 0.453 e. The van der Waals surface area contributed by atoms with Crippen molar-refractivity contribution in [2.24, 2.45) is 11.3 Å². The van der Waals surface area contributed by atoms with Gasteiger partial charge in [0.05, 0.1) is 29.2 Å². The van der Waals surface area contributed by atoms with Gasteiger partial charge in [-0.05, 0) is 56.4 Å². The number of nitrogens with zero attached hydrogens (tertiary/aromatic N) is 1. The highest BCUT2D eigenvalue weighted by Crippen LogP contribution is 2.61. The molecule has 0 aliphatic heterocycles. The highest BCUT2D eigenvalue weighted by molar-refractivity contribution is 7.90. The summed E-state index contributed by atoms with van der Waals surface area (Å²) < 4.78 is 33.7. The summed E-state index contributed by atoms with van der Waals surface area (Å²) in [5.41, 5.74) is -0.111. The van der Waals surface area contributed by atoms with Crippen LogP contribution < -0.4 is 5.32 Å². The van der Waals surface area contributed by atoms with Crippen LogP contribution in [-0.4, -0.2) is 53.6 Å². The molecule has 3 saturated carbocycles. The first-order chi connectivity index (χ1) is 16.9. The van der Waals surface area contributed by atoms with E-state index in [2.05, 4.69) is 5.32 Å². The van der Waals surface area contributed by atoms with Crippen molar-refractivity contribution in [1.29, 1.82) is 0 Å². The van der Waals surface area contributed by atoms with Gasteiger partial charge < -0.3 is 20.3 Å². The number of benzene rings is 2. The summed E-state index contributed by atoms with van der Waals surface area (Å²) in [6.45, 7) is 5.38. The average molecular weight is 513 g/mol. The second-order valence-corrected chi connectivity index (χ2v) is 12.4. The Hall–Kier alpha value is -2.88. The molecule has 8 nitrogen and oxygen atoms in total. The Balaban J connectivity index is 1.73. The number of hydrogen-bond acceptors (Lipinski definition) is 6. The van der Waals surface area contributed by atoms with Gasteiger partial charge in [-0.2, -0.15) is 0 Å². The molecule has 2 aromatic carbocycles. The third-order valence-electron chi connectivity index (χ3n) is 8.53. The number of hydrogen-bond donors (Lipinski definition) is 3. The Bertz CT molecular complexity index is 1430. The van der Waals surface area contributed by atoms with E-state index in [0.717, 1.165) is 10.9 Å². The van der Waals surface area contributed by atoms with Crippen molar-refractivity contribution in [1.82, 2.24) is 9.29 Å². The number of aliphatic hydroxyl groups is 2. The first-order valence-corrected chi connectivity index (χ1v) is 13.5. The topological polar surface area (TPSA) is 118 Å². The van der Waals surface area contributed by atoms with Gasteiger partial charge in [0.2, 0.25) is 0 Å². The first-order valence-electron chi connectivity index (χ1n) is 12.1. The number of ether oxygens (including phenoxy) is 1. The van der Waals surface area contributed by atoms with Crippen LogP contribution in [0.5, 0.6) is 0 Å². The summed E-state index contributed by atoms with van der Waals surface area (Å²) in [6.07, 6.45) is 1.12. The number of aliphatic hydroxyl groups excluding tert-OH is 1. The van der Waals surface area contributed by atoms with Gasteiger partial charge in [-0.15, -0.1) is 0 Å². The molecule has 36 heavy (non-hydrogen) atoms. The second kappa shape index (κ2) is 8.33. The van der Waals surface area contributed by atoms with Crippen LogP contribution in [0.15, 0.2) is 59.6 Å². The molecule has 3 fully saturated rings. The maximum absolute atomic E-state index is 13.7. The fraction of sp³-hybridized carbons (Fsp3) is 0.444. The number of alkyl carbamates (subject to hydrolysis) is 1. The lowest BCUT2D eigenvalue weighted by Crippen LogP contribution is -2.72. The van der Waals surface area contributed by atoms with Gasteiger partial charge in [-0.1, -0.05) is 42.8 Å². The highest BCUT2D eigenvalue weighted by Gasteiger charge is 2.65. The maximum Gasteiger partial charge on any atom is 0.407 e. The van der Waals surface area contributed by atoms with Crippen molar-refractivity contribution >= 4 is 27.0 Å². The monoisotopic (exact) mass is 512 g/mol. The number of aryl methyl sites for hydroxylation is 1. The van der Waals surface area contributed by atoms with E-state index in [1.165, 1.54) is 11.1 Å². The summed E-state index contributed by atoms with van der Waals surface area (Å²) in [5.74, 6) is -0.876. The predicted molar refractivity (Wildman–Crippen MR) is 135 cm³/mol. The van der Waals surface area contributed by atoms with E-state index < -0.39 is 51.1 Å². The quantitative estimate of drug-likeness (QED) is 0.492. The maximum atomic E-state index is 13.7. The predicted octanol–water partition coefficient (Wildman–Crippen LogP) is 3.54. The Morgan fingerprint density at radius 1 is 1.14 bits per heavy atom. The highest BCUT2D eigenvalue weighted by atomic mass is 32.2. The zero-order chi connectivity index (χ0) is 26.0. The van der Waals surface area contributed by atoms with Crippen LogP contribution in [0.4, 0.5) is 4.79 Å². The molecule has 0 spiro atoms. The van der Waals surface area contributed by atoms with E-state index in [1.807, 2.05) is 26.0 Å². The molecule has 1 heterocycles. The van der Waals surface area contributed by atoms with Crippen LogP contribution in [0.2, 0.25) is 0 Å². The lowest BCUT2D eigenvalue weighted by atomic mass is 9.46. The van der Waals surface area contributed by atoms with E-state index >= 15 is 0 Å². The number of methoxy groups -OCH3 is 1. The molecule has 192 valence electrons. The molecule has 9 heteroatoms. The minimum Gasteiger partial charge on any atom is -0.453 e. The van der Waals surface area contributed by atoms with Gasteiger partial charge in [0, 0.05) is 29.0 Å². The van der Waals surface area contributed by atoms with Crippen molar-refractivity contribution in [3.05, 3.63) is 65.9 Å². The third kappa shape index (κ3) is 3.48. The lowest BCUT2D eigenvalue weighted by molar-refractivity contribution is -0.227. The smallest absolute Gasteiger partial charge is 0.407 e. The fourth-order valence-electron chi connectivity index (χ4n) is 6.58. The zero-order valence-corrected chi connectivity index (χ0v) is 21.6. The van der Waals surface area contributed by atoms with Crippen molar-refractivity contribution in [2.45, 2.75) is 62.2 Å². The van der Waals surface area contributed by atoms with Gasteiger partial charge in [0.15, 0.2) is 0 Å². The molecular formula is C27H32N2O6S. The molecule has 0 unspecified atom stereocenters. The molecule has 3 aliphatic rings. The zero-order valence-electron chi connectivity index (χ0n) is 20.8. The lowest BCUT2D eigenvalue weighted by Gasteiger charge is -2.63. The molecule has 3 aromatic rings. The third-order valence-corrected chi connectivity index (χ3v) is 10.2. The van der Waals surface area contributed by atoms with Gasteiger partial charge in [0.25, 0.3) is 10.0 Å². The van der Waals surface area contributed by atoms with Crippen molar-refractivity contribution in [2.75, 3.05) is 7.11 Å². The number of para-hydroxylation sites is 1. The Labute approximate surface area is 210 Å². The van der Waals surface area contributed by atoms with E-state index in [4.69, 9.17) is 4.74 Å². The Morgan fingerprint density at radius 3 is 2.47 bits per heavy atom. The molecule has 6 atom stereocenters. The summed E-state index contributed by atoms with van der Waals surface area (Å²) in [6, 6.07) is 13.3. The second-order valence-electron chi connectivity index (χ2n) is 10.6. The number of amides is 1. The van der Waals surface area contributed by atoms with E-state index in [9.17, 15) is 23.4 Å². The summed E-state index contributed by atoms with van der Waals surface area (Å²) in [7, 11) is -2.64. The minimum absolute atomic E-state index is 0.171. The Kier molecular flexibility index (Phi) is 5.74. The van der Waals surface area contributed by atoms with Crippen LogP contribution in [0, 0.1) is 18.3 Å². The Morgan fingerprint density at radius 2 is 1.81 bits per heavy atom. The molecule has 1 amide bonds. The van der Waals surface area contributed by atoms with E-state index in [0.29, 0.717) is 23.9 Å².